The van der Waals surface area contributed by atoms with Crippen LogP contribution in [0.3, 0.4) is 0 Å². The SMILES string of the molecule is COc1cccc(CNc2ccccc2Cl)c1O. The molecule has 4 heteroatoms. The first-order valence-electron chi connectivity index (χ1n) is 5.55. The zero-order chi connectivity index (χ0) is 13.0. The number of para-hydroxylation sites is 2. The molecule has 18 heavy (non-hydrogen) atoms. The Bertz CT molecular complexity index is 543. The number of nitrogens with one attached hydrogen (secondary N) is 1. The average molecular weight is 264 g/mol. The lowest BCUT2D eigenvalue weighted by Gasteiger charge is -2.11. The molecule has 0 aliphatic rings. The normalized spacial score (nSPS) is 10.1. The lowest BCUT2D eigenvalue weighted by Crippen LogP contribution is -2.00. The van der Waals surface area contributed by atoms with Crippen molar-refractivity contribution in [3.63, 3.8) is 0 Å². The summed E-state index contributed by atoms with van der Waals surface area (Å²) in [5, 5.41) is 13.8. The Kier molecular flexibility index (Phi) is 3.95. The maximum atomic E-state index is 9.94. The van der Waals surface area contributed by atoms with E-state index in [2.05, 4.69) is 5.32 Å². The zero-order valence-electron chi connectivity index (χ0n) is 9.98. The molecule has 94 valence electrons. The monoisotopic (exact) mass is 263 g/mol. The van der Waals surface area contributed by atoms with E-state index in [0.29, 0.717) is 17.3 Å². The molecule has 3 nitrogen and oxygen atoms in total. The highest BCUT2D eigenvalue weighted by Gasteiger charge is 2.07. The molecule has 0 heterocycles. The molecule has 0 aliphatic heterocycles. The largest absolute Gasteiger partial charge is 0.504 e. The van der Waals surface area contributed by atoms with Gasteiger partial charge in [0, 0.05) is 12.1 Å². The molecule has 0 saturated carbocycles. The van der Waals surface area contributed by atoms with Crippen LogP contribution in [0.2, 0.25) is 5.02 Å². The lowest BCUT2D eigenvalue weighted by atomic mass is 10.2. The van der Waals surface area contributed by atoms with E-state index in [0.717, 1.165) is 11.3 Å². The molecule has 2 N–H and O–H groups in total. The molecule has 0 spiro atoms. The number of anilines is 1. The third-order valence-electron chi connectivity index (χ3n) is 2.65. The van der Waals surface area contributed by atoms with E-state index in [9.17, 15) is 5.11 Å². The van der Waals surface area contributed by atoms with Crippen LogP contribution in [0, 0.1) is 0 Å². The smallest absolute Gasteiger partial charge is 0.162 e. The summed E-state index contributed by atoms with van der Waals surface area (Å²) >= 11 is 6.04. The Hall–Kier alpha value is -1.87. The van der Waals surface area contributed by atoms with Crippen molar-refractivity contribution in [3.05, 3.63) is 53.1 Å². The Labute approximate surface area is 111 Å². The van der Waals surface area contributed by atoms with Gasteiger partial charge in [-0.3, -0.25) is 0 Å². The van der Waals surface area contributed by atoms with Crippen molar-refractivity contribution in [2.24, 2.45) is 0 Å². The molecule has 2 rings (SSSR count). The molecule has 0 radical (unpaired) electrons. The summed E-state index contributed by atoms with van der Waals surface area (Å²) in [7, 11) is 1.53. The van der Waals surface area contributed by atoms with Crippen LogP contribution in [0.1, 0.15) is 5.56 Å². The maximum Gasteiger partial charge on any atom is 0.162 e. The Morgan fingerprint density at radius 3 is 2.67 bits per heavy atom. The minimum absolute atomic E-state index is 0.152. The van der Waals surface area contributed by atoms with Gasteiger partial charge >= 0.3 is 0 Å². The minimum Gasteiger partial charge on any atom is -0.504 e. The zero-order valence-corrected chi connectivity index (χ0v) is 10.7. The van der Waals surface area contributed by atoms with Gasteiger partial charge in [0.15, 0.2) is 11.5 Å². The molecule has 2 aromatic rings. The van der Waals surface area contributed by atoms with Gasteiger partial charge < -0.3 is 15.2 Å². The summed E-state index contributed by atoms with van der Waals surface area (Å²) in [6.45, 7) is 0.479. The molecule has 0 bridgehead atoms. The summed E-state index contributed by atoms with van der Waals surface area (Å²) < 4.78 is 5.06. The summed E-state index contributed by atoms with van der Waals surface area (Å²) in [4.78, 5) is 0. The quantitative estimate of drug-likeness (QED) is 0.884. The number of rotatable bonds is 4. The molecular weight excluding hydrogens is 250 g/mol. The maximum absolute atomic E-state index is 9.94. The van der Waals surface area contributed by atoms with Gasteiger partial charge in [0.05, 0.1) is 17.8 Å². The van der Waals surface area contributed by atoms with Crippen LogP contribution >= 0.6 is 11.6 Å². The third kappa shape index (κ3) is 2.68. The van der Waals surface area contributed by atoms with Crippen molar-refractivity contribution in [1.82, 2.24) is 0 Å². The van der Waals surface area contributed by atoms with Gasteiger partial charge in [-0.15, -0.1) is 0 Å². The number of phenols is 1. The first-order valence-corrected chi connectivity index (χ1v) is 5.93. The van der Waals surface area contributed by atoms with Gasteiger partial charge in [-0.2, -0.15) is 0 Å². The second-order valence-electron chi connectivity index (χ2n) is 3.80. The van der Waals surface area contributed by atoms with E-state index in [1.54, 1.807) is 6.07 Å². The number of hydrogen-bond donors (Lipinski definition) is 2. The molecule has 0 aliphatic carbocycles. The number of halogens is 1. The molecule has 0 unspecified atom stereocenters. The second-order valence-corrected chi connectivity index (χ2v) is 4.21. The van der Waals surface area contributed by atoms with Gasteiger partial charge in [-0.05, 0) is 18.2 Å². The van der Waals surface area contributed by atoms with Crippen LogP contribution in [0.4, 0.5) is 5.69 Å². The number of methoxy groups -OCH3 is 1. The number of hydrogen-bond acceptors (Lipinski definition) is 3. The van der Waals surface area contributed by atoms with E-state index < -0.39 is 0 Å². The van der Waals surface area contributed by atoms with Gasteiger partial charge in [-0.1, -0.05) is 35.9 Å². The van der Waals surface area contributed by atoms with Crippen molar-refractivity contribution in [2.45, 2.75) is 6.54 Å². The fourth-order valence-corrected chi connectivity index (χ4v) is 1.87. The number of benzene rings is 2. The summed E-state index contributed by atoms with van der Waals surface area (Å²) in [5.74, 6) is 0.619. The Morgan fingerprint density at radius 2 is 1.94 bits per heavy atom. The van der Waals surface area contributed by atoms with Crippen LogP contribution in [-0.2, 0) is 6.54 Å². The number of ether oxygens (including phenoxy) is 1. The third-order valence-corrected chi connectivity index (χ3v) is 2.98. The standard InChI is InChI=1S/C14H14ClNO2/c1-18-13-8-4-5-10(14(13)17)9-16-12-7-3-2-6-11(12)15/h2-8,16-17H,9H2,1H3. The summed E-state index contributed by atoms with van der Waals surface area (Å²) in [6, 6.07) is 12.9. The van der Waals surface area contributed by atoms with Crippen molar-refractivity contribution in [1.29, 1.82) is 0 Å². The van der Waals surface area contributed by atoms with Gasteiger partial charge in [0.2, 0.25) is 0 Å². The molecule has 0 saturated heterocycles. The summed E-state index contributed by atoms with van der Waals surface area (Å²) in [6.07, 6.45) is 0. The van der Waals surface area contributed by atoms with Crippen molar-refractivity contribution < 1.29 is 9.84 Å². The Morgan fingerprint density at radius 1 is 1.17 bits per heavy atom. The first-order chi connectivity index (χ1) is 8.72. The second kappa shape index (κ2) is 5.65. The summed E-state index contributed by atoms with van der Waals surface area (Å²) in [5.41, 5.74) is 1.59. The molecule has 0 amide bonds. The highest BCUT2D eigenvalue weighted by Crippen LogP contribution is 2.30. The van der Waals surface area contributed by atoms with Crippen molar-refractivity contribution >= 4 is 17.3 Å². The Balaban J connectivity index is 2.14. The van der Waals surface area contributed by atoms with E-state index in [4.69, 9.17) is 16.3 Å². The van der Waals surface area contributed by atoms with Crippen LogP contribution in [-0.4, -0.2) is 12.2 Å². The predicted octanol–water partition coefficient (Wildman–Crippen LogP) is 3.67. The number of aromatic hydroxyl groups is 1. The fourth-order valence-electron chi connectivity index (χ4n) is 1.67. The predicted molar refractivity (Wildman–Crippen MR) is 73.4 cm³/mol. The van der Waals surface area contributed by atoms with Gasteiger partial charge in [-0.25, -0.2) is 0 Å². The van der Waals surface area contributed by atoms with Crippen molar-refractivity contribution in [2.75, 3.05) is 12.4 Å². The fraction of sp³-hybridized carbons (Fsp3) is 0.143. The van der Waals surface area contributed by atoms with Crippen LogP contribution < -0.4 is 10.1 Å². The minimum atomic E-state index is 0.152. The lowest BCUT2D eigenvalue weighted by molar-refractivity contribution is 0.371. The average Bonchev–Trinajstić information content (AvgIpc) is 2.39. The van der Waals surface area contributed by atoms with Gasteiger partial charge in [0.25, 0.3) is 0 Å². The topological polar surface area (TPSA) is 41.5 Å². The molecule has 0 fully saturated rings. The van der Waals surface area contributed by atoms with Gasteiger partial charge in [0.1, 0.15) is 0 Å². The van der Waals surface area contributed by atoms with E-state index in [-0.39, 0.29) is 5.75 Å². The van der Waals surface area contributed by atoms with Crippen LogP contribution in [0.25, 0.3) is 0 Å². The van der Waals surface area contributed by atoms with Crippen LogP contribution in [0.5, 0.6) is 11.5 Å². The molecule has 0 atom stereocenters. The molecular formula is C14H14ClNO2. The van der Waals surface area contributed by atoms with E-state index >= 15 is 0 Å². The van der Waals surface area contributed by atoms with E-state index in [1.807, 2.05) is 36.4 Å². The van der Waals surface area contributed by atoms with Crippen LogP contribution in [0.15, 0.2) is 42.5 Å². The van der Waals surface area contributed by atoms with E-state index in [1.165, 1.54) is 7.11 Å². The van der Waals surface area contributed by atoms with Crippen molar-refractivity contribution in [3.8, 4) is 11.5 Å². The first kappa shape index (κ1) is 12.6. The highest BCUT2D eigenvalue weighted by atomic mass is 35.5. The number of phenolic OH excluding ortho intramolecular Hbond substituents is 1. The molecule has 0 aromatic heterocycles. The highest BCUT2D eigenvalue weighted by molar-refractivity contribution is 6.33. The molecule has 2 aromatic carbocycles.